The van der Waals surface area contributed by atoms with Gasteiger partial charge in [-0.05, 0) is 82.3 Å². The topological polar surface area (TPSA) is 105 Å². The van der Waals surface area contributed by atoms with Crippen LogP contribution in [0.3, 0.4) is 0 Å². The first-order valence-corrected chi connectivity index (χ1v) is 12.4. The first-order chi connectivity index (χ1) is 16.2. The van der Waals surface area contributed by atoms with Crippen LogP contribution in [0, 0.1) is 13.8 Å². The third-order valence-corrected chi connectivity index (χ3v) is 6.89. The molecule has 34 heavy (non-hydrogen) atoms. The summed E-state index contributed by atoms with van der Waals surface area (Å²) in [6.45, 7) is 7.65. The molecule has 7 nitrogen and oxygen atoms in total. The van der Waals surface area contributed by atoms with Crippen LogP contribution >= 0.6 is 23.5 Å². The molecule has 2 N–H and O–H groups in total. The van der Waals surface area contributed by atoms with Crippen molar-refractivity contribution in [3.63, 3.8) is 0 Å². The highest BCUT2D eigenvalue weighted by Gasteiger charge is 2.50. The Morgan fingerprint density at radius 3 is 2.71 bits per heavy atom. The number of aromatic nitrogens is 1. The molecule has 2 heterocycles. The number of esters is 1. The van der Waals surface area contributed by atoms with E-state index in [-0.39, 0.29) is 17.8 Å². The number of hydrogen-bond donors (Lipinski definition) is 1. The zero-order valence-electron chi connectivity index (χ0n) is 19.6. The molecule has 4 rings (SSSR count). The van der Waals surface area contributed by atoms with E-state index in [0.29, 0.717) is 44.8 Å². The Balaban J connectivity index is 1.80. The number of ether oxygens (including phenoxy) is 2. The average molecular weight is 503 g/mol. The van der Waals surface area contributed by atoms with Gasteiger partial charge in [0.1, 0.15) is 22.6 Å². The molecule has 9 heteroatoms. The van der Waals surface area contributed by atoms with Crippen molar-refractivity contribution < 1.29 is 18.7 Å². The Bertz CT molecular complexity index is 1320. The molecule has 1 aromatic carbocycles. The summed E-state index contributed by atoms with van der Waals surface area (Å²) < 4.78 is 17.8. The largest absolute Gasteiger partial charge is 0.483 e. The number of pyridine rings is 1. The summed E-state index contributed by atoms with van der Waals surface area (Å²) in [5.41, 5.74) is 2.02. The molecule has 0 aliphatic heterocycles. The van der Waals surface area contributed by atoms with E-state index in [9.17, 15) is 9.59 Å². The van der Waals surface area contributed by atoms with Gasteiger partial charge >= 0.3 is 5.97 Å². The Labute approximate surface area is 207 Å². The van der Waals surface area contributed by atoms with Crippen LogP contribution in [0.5, 0.6) is 5.75 Å². The van der Waals surface area contributed by atoms with Crippen LogP contribution in [0.2, 0.25) is 5.15 Å². The van der Waals surface area contributed by atoms with Crippen molar-refractivity contribution in [2.75, 3.05) is 6.61 Å². The standard InChI is InChI=1S/C25H27ClN2O5S/c1-5-31-20(29)12-25(8-9-25)23-14(3)21(30)17-11-13(2)10-16(22(17)33-23)15(4)32-18-6-7-19(26)28-24(18)34-27/h6-7,10-11,15H,5,8-9,12,27H2,1-4H3. The maximum Gasteiger partial charge on any atom is 0.306 e. The van der Waals surface area contributed by atoms with E-state index in [1.165, 1.54) is 0 Å². The van der Waals surface area contributed by atoms with E-state index in [1.54, 1.807) is 26.0 Å². The lowest BCUT2D eigenvalue weighted by atomic mass is 9.93. The monoisotopic (exact) mass is 502 g/mol. The first kappa shape index (κ1) is 24.6. The smallest absolute Gasteiger partial charge is 0.306 e. The van der Waals surface area contributed by atoms with Gasteiger partial charge in [-0.2, -0.15) is 0 Å². The molecule has 2 aromatic heterocycles. The van der Waals surface area contributed by atoms with Crippen molar-refractivity contribution in [3.05, 3.63) is 62.1 Å². The van der Waals surface area contributed by atoms with E-state index in [0.717, 1.165) is 35.9 Å². The van der Waals surface area contributed by atoms with Crippen molar-refractivity contribution in [1.29, 1.82) is 0 Å². The zero-order chi connectivity index (χ0) is 24.6. The van der Waals surface area contributed by atoms with Crippen molar-refractivity contribution in [2.24, 2.45) is 5.14 Å². The summed E-state index contributed by atoms with van der Waals surface area (Å²) in [6.07, 6.45) is 1.25. The fourth-order valence-corrected chi connectivity index (χ4v) is 4.91. The third kappa shape index (κ3) is 4.67. The van der Waals surface area contributed by atoms with Crippen molar-refractivity contribution in [3.8, 4) is 5.75 Å². The number of rotatable bonds is 8. The minimum Gasteiger partial charge on any atom is -0.483 e. The number of fused-ring (bicyclic) bond motifs is 1. The van der Waals surface area contributed by atoms with Gasteiger partial charge in [-0.3, -0.25) is 14.7 Å². The molecule has 1 atom stereocenters. The molecule has 0 radical (unpaired) electrons. The summed E-state index contributed by atoms with van der Waals surface area (Å²) in [5.74, 6) is 0.751. The zero-order valence-corrected chi connectivity index (χ0v) is 21.1. The number of nitrogens with two attached hydrogens (primary N) is 1. The van der Waals surface area contributed by atoms with Crippen LogP contribution in [0.4, 0.5) is 0 Å². The number of hydrogen-bond acceptors (Lipinski definition) is 8. The number of carbonyl (C=O) groups is 1. The number of aryl methyl sites for hydroxylation is 1. The van der Waals surface area contributed by atoms with Crippen LogP contribution in [-0.4, -0.2) is 17.6 Å². The lowest BCUT2D eigenvalue weighted by Gasteiger charge is -2.21. The van der Waals surface area contributed by atoms with E-state index >= 15 is 0 Å². The number of carbonyl (C=O) groups excluding carboxylic acids is 1. The Morgan fingerprint density at radius 1 is 1.32 bits per heavy atom. The van der Waals surface area contributed by atoms with Crippen LogP contribution in [0.1, 0.15) is 61.7 Å². The van der Waals surface area contributed by atoms with Gasteiger partial charge in [0.25, 0.3) is 0 Å². The maximum atomic E-state index is 13.4. The minimum absolute atomic E-state index is 0.102. The van der Waals surface area contributed by atoms with Gasteiger partial charge < -0.3 is 13.9 Å². The molecule has 1 unspecified atom stereocenters. The van der Waals surface area contributed by atoms with Crippen molar-refractivity contribution in [2.45, 2.75) is 63.5 Å². The van der Waals surface area contributed by atoms with Gasteiger partial charge in [0.05, 0.1) is 18.4 Å². The van der Waals surface area contributed by atoms with Gasteiger partial charge in [-0.1, -0.05) is 11.6 Å². The molecule has 1 aliphatic carbocycles. The fraction of sp³-hybridized carbons (Fsp3) is 0.400. The predicted octanol–water partition coefficient (Wildman–Crippen LogP) is 5.55. The van der Waals surface area contributed by atoms with Gasteiger partial charge in [0.15, 0.2) is 16.2 Å². The van der Waals surface area contributed by atoms with E-state index in [1.807, 2.05) is 26.0 Å². The van der Waals surface area contributed by atoms with Gasteiger partial charge in [-0.25, -0.2) is 4.98 Å². The number of halogens is 1. The molecule has 1 saturated carbocycles. The molecule has 0 spiro atoms. The van der Waals surface area contributed by atoms with Crippen LogP contribution in [-0.2, 0) is 14.9 Å². The first-order valence-electron chi connectivity index (χ1n) is 11.1. The van der Waals surface area contributed by atoms with Gasteiger partial charge in [-0.15, -0.1) is 0 Å². The lowest BCUT2D eigenvalue weighted by Crippen LogP contribution is -2.21. The molecular weight excluding hydrogens is 476 g/mol. The minimum atomic E-state index is -0.501. The summed E-state index contributed by atoms with van der Waals surface area (Å²) >= 11 is 6.93. The second-order valence-electron chi connectivity index (χ2n) is 8.69. The molecular formula is C25H27ClN2O5S. The molecule has 0 saturated heterocycles. The van der Waals surface area contributed by atoms with E-state index < -0.39 is 11.5 Å². The lowest BCUT2D eigenvalue weighted by molar-refractivity contribution is -0.143. The highest BCUT2D eigenvalue weighted by Crippen LogP contribution is 2.52. The van der Waals surface area contributed by atoms with Crippen LogP contribution < -0.4 is 15.3 Å². The van der Waals surface area contributed by atoms with Gasteiger partial charge in [0, 0.05) is 16.5 Å². The summed E-state index contributed by atoms with van der Waals surface area (Å²) in [7, 11) is 0. The Morgan fingerprint density at radius 2 is 2.06 bits per heavy atom. The number of benzene rings is 1. The quantitative estimate of drug-likeness (QED) is 0.243. The molecule has 1 aliphatic rings. The summed E-state index contributed by atoms with van der Waals surface area (Å²) in [6, 6.07) is 7.11. The molecule has 0 bridgehead atoms. The van der Waals surface area contributed by atoms with E-state index in [4.69, 9.17) is 30.6 Å². The van der Waals surface area contributed by atoms with Gasteiger partial charge in [0.2, 0.25) is 0 Å². The summed E-state index contributed by atoms with van der Waals surface area (Å²) in [5, 5.41) is 7.00. The van der Waals surface area contributed by atoms with Crippen LogP contribution in [0.25, 0.3) is 11.0 Å². The number of nitrogens with zero attached hydrogens (tertiary/aromatic N) is 1. The highest BCUT2D eigenvalue weighted by atomic mass is 35.5. The second kappa shape index (κ2) is 9.60. The normalized spacial score (nSPS) is 15.2. The summed E-state index contributed by atoms with van der Waals surface area (Å²) in [4.78, 5) is 29.8. The highest BCUT2D eigenvalue weighted by molar-refractivity contribution is 7.97. The second-order valence-corrected chi connectivity index (χ2v) is 9.70. The molecule has 180 valence electrons. The Hall–Kier alpha value is -2.55. The van der Waals surface area contributed by atoms with Crippen molar-refractivity contribution in [1.82, 2.24) is 4.98 Å². The maximum absolute atomic E-state index is 13.4. The third-order valence-electron chi connectivity index (χ3n) is 6.16. The average Bonchev–Trinajstić information content (AvgIpc) is 3.57. The fourth-order valence-electron chi connectivity index (χ4n) is 4.33. The predicted molar refractivity (Wildman–Crippen MR) is 132 cm³/mol. The SMILES string of the molecule is CCOC(=O)CC1(c2oc3c(C(C)Oc4ccc(Cl)nc4SN)cc(C)cc3c(=O)c2C)CC1. The van der Waals surface area contributed by atoms with Crippen molar-refractivity contribution >= 4 is 40.5 Å². The Kier molecular flexibility index (Phi) is 6.94. The molecule has 0 amide bonds. The van der Waals surface area contributed by atoms with E-state index in [2.05, 4.69) is 4.98 Å². The molecule has 1 fully saturated rings. The molecule has 3 aromatic rings. The van der Waals surface area contributed by atoms with Crippen LogP contribution in [0.15, 0.2) is 38.5 Å².